The molecule has 0 spiro atoms. The highest BCUT2D eigenvalue weighted by Gasteiger charge is 2.15. The molecule has 0 radical (unpaired) electrons. The summed E-state index contributed by atoms with van der Waals surface area (Å²) in [5.74, 6) is 0.0450. The highest BCUT2D eigenvalue weighted by Crippen LogP contribution is 2.18. The number of hydrogen-bond donors (Lipinski definition) is 1. The molecule has 1 aromatic heterocycles. The molecule has 1 amide bonds. The van der Waals surface area contributed by atoms with E-state index in [4.69, 9.17) is 4.74 Å². The topological polar surface area (TPSA) is 45.3 Å². The molecular weight excluding hydrogens is 228 g/mol. The Bertz CT molecular complexity index is 533. The lowest BCUT2D eigenvalue weighted by Crippen LogP contribution is -2.28. The first kappa shape index (κ1) is 12.6. The Labute approximate surface area is 107 Å². The SMILES string of the molecule is COCCCN(C)C(=O)c1c[nH]c2ccccc12. The van der Waals surface area contributed by atoms with Gasteiger partial charge in [0.05, 0.1) is 5.56 Å². The predicted molar refractivity (Wildman–Crippen MR) is 71.8 cm³/mol. The fourth-order valence-corrected chi connectivity index (χ4v) is 2.00. The van der Waals surface area contributed by atoms with Crippen LogP contribution in [0.2, 0.25) is 0 Å². The molecule has 0 saturated heterocycles. The molecule has 0 bridgehead atoms. The highest BCUT2D eigenvalue weighted by atomic mass is 16.5. The molecule has 4 nitrogen and oxygen atoms in total. The van der Waals surface area contributed by atoms with Crippen molar-refractivity contribution >= 4 is 16.8 Å². The first-order valence-corrected chi connectivity index (χ1v) is 6.04. The van der Waals surface area contributed by atoms with Crippen molar-refractivity contribution in [3.8, 4) is 0 Å². The maximum absolute atomic E-state index is 12.3. The van der Waals surface area contributed by atoms with E-state index in [1.54, 1.807) is 18.2 Å². The van der Waals surface area contributed by atoms with Crippen molar-refractivity contribution in [3.63, 3.8) is 0 Å². The molecule has 0 aliphatic rings. The van der Waals surface area contributed by atoms with Crippen molar-refractivity contribution in [3.05, 3.63) is 36.0 Å². The fraction of sp³-hybridized carbons (Fsp3) is 0.357. The third-order valence-electron chi connectivity index (χ3n) is 3.01. The van der Waals surface area contributed by atoms with E-state index in [1.165, 1.54) is 0 Å². The molecule has 0 aliphatic carbocycles. The Morgan fingerprint density at radius 2 is 2.17 bits per heavy atom. The van der Waals surface area contributed by atoms with Crippen LogP contribution in [0.5, 0.6) is 0 Å². The van der Waals surface area contributed by atoms with Gasteiger partial charge in [0, 0.05) is 44.4 Å². The number of benzene rings is 1. The quantitative estimate of drug-likeness (QED) is 0.823. The molecule has 2 rings (SSSR count). The monoisotopic (exact) mass is 246 g/mol. The lowest BCUT2D eigenvalue weighted by molar-refractivity contribution is 0.0781. The lowest BCUT2D eigenvalue weighted by atomic mass is 10.1. The normalized spacial score (nSPS) is 10.8. The molecule has 0 unspecified atom stereocenters. The summed E-state index contributed by atoms with van der Waals surface area (Å²) in [4.78, 5) is 17.1. The van der Waals surface area contributed by atoms with Gasteiger partial charge >= 0.3 is 0 Å². The van der Waals surface area contributed by atoms with Gasteiger partial charge in [0.15, 0.2) is 0 Å². The van der Waals surface area contributed by atoms with Gasteiger partial charge in [0.25, 0.3) is 5.91 Å². The van der Waals surface area contributed by atoms with Crippen LogP contribution < -0.4 is 0 Å². The number of H-pyrrole nitrogens is 1. The van der Waals surface area contributed by atoms with Crippen LogP contribution in [0.4, 0.5) is 0 Å². The Hall–Kier alpha value is -1.81. The summed E-state index contributed by atoms with van der Waals surface area (Å²) in [6.45, 7) is 1.37. The van der Waals surface area contributed by atoms with Crippen molar-refractivity contribution in [1.82, 2.24) is 9.88 Å². The number of fused-ring (bicyclic) bond motifs is 1. The van der Waals surface area contributed by atoms with Crippen LogP contribution in [0.3, 0.4) is 0 Å². The van der Waals surface area contributed by atoms with Crippen molar-refractivity contribution < 1.29 is 9.53 Å². The van der Waals surface area contributed by atoms with Gasteiger partial charge in [0.2, 0.25) is 0 Å². The summed E-state index contributed by atoms with van der Waals surface area (Å²) in [5.41, 5.74) is 1.72. The molecular formula is C14H18N2O2. The number of para-hydroxylation sites is 1. The van der Waals surface area contributed by atoms with Crippen molar-refractivity contribution in [1.29, 1.82) is 0 Å². The lowest BCUT2D eigenvalue weighted by Gasteiger charge is -2.16. The first-order valence-electron chi connectivity index (χ1n) is 6.04. The number of aromatic amines is 1. The van der Waals surface area contributed by atoms with E-state index >= 15 is 0 Å². The zero-order valence-electron chi connectivity index (χ0n) is 10.8. The Morgan fingerprint density at radius 3 is 2.94 bits per heavy atom. The van der Waals surface area contributed by atoms with Gasteiger partial charge in [-0.2, -0.15) is 0 Å². The average molecular weight is 246 g/mol. The number of methoxy groups -OCH3 is 1. The summed E-state index contributed by atoms with van der Waals surface area (Å²) >= 11 is 0. The molecule has 18 heavy (non-hydrogen) atoms. The Kier molecular flexibility index (Phi) is 3.99. The molecule has 0 aliphatic heterocycles. The predicted octanol–water partition coefficient (Wildman–Crippen LogP) is 2.28. The number of aromatic nitrogens is 1. The smallest absolute Gasteiger partial charge is 0.255 e. The van der Waals surface area contributed by atoms with Gasteiger partial charge in [-0.05, 0) is 12.5 Å². The van der Waals surface area contributed by atoms with Gasteiger partial charge < -0.3 is 14.6 Å². The number of nitrogens with one attached hydrogen (secondary N) is 1. The number of amides is 1. The van der Waals surface area contributed by atoms with Crippen molar-refractivity contribution in [2.45, 2.75) is 6.42 Å². The Morgan fingerprint density at radius 1 is 1.39 bits per heavy atom. The van der Waals surface area contributed by atoms with E-state index in [0.717, 1.165) is 22.9 Å². The fourth-order valence-electron chi connectivity index (χ4n) is 2.00. The molecule has 0 atom stereocenters. The number of ether oxygens (including phenoxy) is 1. The van der Waals surface area contributed by atoms with Crippen LogP contribution in [-0.4, -0.2) is 43.1 Å². The van der Waals surface area contributed by atoms with Crippen molar-refractivity contribution in [2.24, 2.45) is 0 Å². The molecule has 4 heteroatoms. The van der Waals surface area contributed by atoms with Crippen LogP contribution in [0.15, 0.2) is 30.5 Å². The number of carbonyl (C=O) groups is 1. The molecule has 0 fully saturated rings. The summed E-state index contributed by atoms with van der Waals surface area (Å²) in [6.07, 6.45) is 2.63. The standard InChI is InChI=1S/C14H18N2O2/c1-16(8-5-9-18-2)14(17)12-10-15-13-7-4-3-6-11(12)13/h3-4,6-7,10,15H,5,8-9H2,1-2H3. The van der Waals surface area contributed by atoms with E-state index in [-0.39, 0.29) is 5.91 Å². The summed E-state index contributed by atoms with van der Waals surface area (Å²) in [7, 11) is 3.49. The van der Waals surface area contributed by atoms with E-state index in [1.807, 2.05) is 31.3 Å². The molecule has 96 valence electrons. The largest absolute Gasteiger partial charge is 0.385 e. The van der Waals surface area contributed by atoms with Crippen LogP contribution in [0, 0.1) is 0 Å². The third-order valence-corrected chi connectivity index (χ3v) is 3.01. The van der Waals surface area contributed by atoms with E-state index in [9.17, 15) is 4.79 Å². The van der Waals surface area contributed by atoms with E-state index < -0.39 is 0 Å². The number of rotatable bonds is 5. The molecule has 0 saturated carbocycles. The third kappa shape index (κ3) is 2.54. The van der Waals surface area contributed by atoms with Crippen LogP contribution in [-0.2, 0) is 4.74 Å². The minimum absolute atomic E-state index is 0.0450. The second kappa shape index (κ2) is 5.69. The minimum atomic E-state index is 0.0450. The molecule has 1 N–H and O–H groups in total. The highest BCUT2D eigenvalue weighted by molar-refractivity contribution is 6.06. The van der Waals surface area contributed by atoms with E-state index in [2.05, 4.69) is 4.98 Å². The Balaban J connectivity index is 2.13. The number of carbonyl (C=O) groups excluding carboxylic acids is 1. The second-order valence-electron chi connectivity index (χ2n) is 4.32. The summed E-state index contributed by atoms with van der Waals surface area (Å²) < 4.78 is 4.99. The average Bonchev–Trinajstić information content (AvgIpc) is 2.82. The van der Waals surface area contributed by atoms with Crippen LogP contribution >= 0.6 is 0 Å². The van der Waals surface area contributed by atoms with Gasteiger partial charge in [-0.15, -0.1) is 0 Å². The number of hydrogen-bond acceptors (Lipinski definition) is 2. The van der Waals surface area contributed by atoms with Gasteiger partial charge in [-0.3, -0.25) is 4.79 Å². The van der Waals surface area contributed by atoms with Crippen LogP contribution in [0.1, 0.15) is 16.8 Å². The summed E-state index contributed by atoms with van der Waals surface area (Å²) in [6, 6.07) is 7.83. The van der Waals surface area contributed by atoms with Gasteiger partial charge in [-0.1, -0.05) is 18.2 Å². The number of nitrogens with zero attached hydrogens (tertiary/aromatic N) is 1. The molecule has 1 heterocycles. The molecule has 1 aromatic carbocycles. The maximum atomic E-state index is 12.3. The first-order chi connectivity index (χ1) is 8.74. The van der Waals surface area contributed by atoms with Gasteiger partial charge in [-0.25, -0.2) is 0 Å². The second-order valence-corrected chi connectivity index (χ2v) is 4.32. The van der Waals surface area contributed by atoms with Gasteiger partial charge in [0.1, 0.15) is 0 Å². The minimum Gasteiger partial charge on any atom is -0.385 e. The van der Waals surface area contributed by atoms with Crippen LogP contribution in [0.25, 0.3) is 10.9 Å². The maximum Gasteiger partial charge on any atom is 0.255 e. The zero-order chi connectivity index (χ0) is 13.0. The zero-order valence-corrected chi connectivity index (χ0v) is 10.8. The van der Waals surface area contributed by atoms with Crippen molar-refractivity contribution in [2.75, 3.05) is 27.3 Å². The molecule has 2 aromatic rings. The van der Waals surface area contributed by atoms with E-state index in [0.29, 0.717) is 13.2 Å². The summed E-state index contributed by atoms with van der Waals surface area (Å²) in [5, 5.41) is 0.973.